The van der Waals surface area contributed by atoms with Crippen molar-refractivity contribution in [2.24, 2.45) is 0 Å². The molecule has 9 nitrogen and oxygen atoms in total. The molecule has 2 aromatic heterocycles. The molecule has 35 heavy (non-hydrogen) atoms. The van der Waals surface area contributed by atoms with Crippen molar-refractivity contribution in [3.8, 4) is 17.6 Å². The highest BCUT2D eigenvalue weighted by molar-refractivity contribution is 5.83. The third-order valence-electron chi connectivity index (χ3n) is 5.66. The minimum Gasteiger partial charge on any atom is -0.507 e. The summed E-state index contributed by atoms with van der Waals surface area (Å²) in [6.45, 7) is 3.79. The van der Waals surface area contributed by atoms with Crippen molar-refractivity contribution >= 4 is 24.0 Å². The number of phenolic OH excluding ortho intramolecular Hbond substituents is 1. The number of aromatic hydroxyl groups is 1. The van der Waals surface area contributed by atoms with Crippen molar-refractivity contribution in [3.63, 3.8) is 0 Å². The second kappa shape index (κ2) is 10.7. The van der Waals surface area contributed by atoms with Gasteiger partial charge >= 0.3 is 6.09 Å². The number of aromatic nitrogens is 3. The monoisotopic (exact) mass is 473 g/mol. The molecule has 2 heterocycles. The zero-order valence-electron chi connectivity index (χ0n) is 19.5. The maximum absolute atomic E-state index is 11.9. The summed E-state index contributed by atoms with van der Waals surface area (Å²) in [6, 6.07) is 10.3. The number of alkyl carbamates (subject to hydrolysis) is 1. The van der Waals surface area contributed by atoms with Crippen LogP contribution in [0.1, 0.15) is 66.2 Å². The summed E-state index contributed by atoms with van der Waals surface area (Å²) in [5.74, 6) is 7.24. The number of pyridine rings is 1. The average molecular weight is 474 g/mol. The number of rotatable bonds is 6. The summed E-state index contributed by atoms with van der Waals surface area (Å²) < 4.78 is 5.51. The van der Waals surface area contributed by atoms with Gasteiger partial charge in [0.05, 0.1) is 5.56 Å². The van der Waals surface area contributed by atoms with Crippen LogP contribution in [0, 0.1) is 11.8 Å². The minimum absolute atomic E-state index is 0.0413. The van der Waals surface area contributed by atoms with E-state index in [0.29, 0.717) is 29.0 Å². The molecule has 0 radical (unpaired) electrons. The van der Waals surface area contributed by atoms with Crippen LogP contribution in [0.4, 0.5) is 16.4 Å². The Hall–Kier alpha value is -4.32. The maximum atomic E-state index is 11.9. The van der Waals surface area contributed by atoms with Crippen molar-refractivity contribution in [1.82, 2.24) is 20.5 Å². The molecular formula is C26H27N5O4. The molecule has 1 saturated carbocycles. The van der Waals surface area contributed by atoms with Crippen molar-refractivity contribution in [2.45, 2.75) is 51.2 Å². The number of ether oxygens (including phenoxy) is 1. The Morgan fingerprint density at radius 2 is 2.09 bits per heavy atom. The van der Waals surface area contributed by atoms with Crippen LogP contribution in [-0.2, 0) is 4.74 Å². The maximum Gasteiger partial charge on any atom is 0.407 e. The van der Waals surface area contributed by atoms with Gasteiger partial charge in [-0.3, -0.25) is 9.89 Å². The number of phenols is 1. The van der Waals surface area contributed by atoms with Crippen LogP contribution in [0.15, 0.2) is 42.6 Å². The highest BCUT2D eigenvalue weighted by Gasteiger charge is 2.30. The highest BCUT2D eigenvalue weighted by atomic mass is 16.6. The molecule has 0 aliphatic heterocycles. The number of carbonyl (C=O) groups excluding carboxylic acids is 2. The molecule has 1 aliphatic rings. The smallest absolute Gasteiger partial charge is 0.407 e. The number of anilines is 2. The number of hydrogen-bond donors (Lipinski definition) is 4. The van der Waals surface area contributed by atoms with E-state index in [9.17, 15) is 14.7 Å². The van der Waals surface area contributed by atoms with Crippen LogP contribution >= 0.6 is 0 Å². The van der Waals surface area contributed by atoms with Crippen LogP contribution in [0.2, 0.25) is 0 Å². The quantitative estimate of drug-likeness (QED) is 0.311. The van der Waals surface area contributed by atoms with E-state index in [1.807, 2.05) is 19.9 Å². The van der Waals surface area contributed by atoms with E-state index in [4.69, 9.17) is 4.74 Å². The van der Waals surface area contributed by atoms with Gasteiger partial charge in [-0.05, 0) is 57.4 Å². The van der Waals surface area contributed by atoms with Crippen molar-refractivity contribution in [1.29, 1.82) is 0 Å². The van der Waals surface area contributed by atoms with E-state index >= 15 is 0 Å². The molecule has 3 aromatic rings. The SMILES string of the molecule is CC(C)NC(=O)OC1CCC(c2cc(Nc3cc(C#Cc4cccc(O)c4C=O)ccn3)n[nH]2)C1. The van der Waals surface area contributed by atoms with Crippen LogP contribution in [-0.4, -0.2) is 44.8 Å². The predicted molar refractivity (Wildman–Crippen MR) is 131 cm³/mol. The van der Waals surface area contributed by atoms with Gasteiger partial charge in [0, 0.05) is 41.0 Å². The molecule has 0 bridgehead atoms. The second-order valence-corrected chi connectivity index (χ2v) is 8.71. The first-order valence-electron chi connectivity index (χ1n) is 11.5. The van der Waals surface area contributed by atoms with Crippen LogP contribution in [0.3, 0.4) is 0 Å². The molecular weight excluding hydrogens is 446 g/mol. The third-order valence-corrected chi connectivity index (χ3v) is 5.66. The number of aldehydes is 1. The van der Waals surface area contributed by atoms with Gasteiger partial charge in [-0.2, -0.15) is 5.10 Å². The number of carbonyl (C=O) groups is 2. The lowest BCUT2D eigenvalue weighted by molar-refractivity contribution is 0.0981. The Labute approximate surface area is 203 Å². The first kappa shape index (κ1) is 23.8. The molecule has 2 atom stereocenters. The molecule has 0 saturated heterocycles. The van der Waals surface area contributed by atoms with E-state index in [2.05, 4.69) is 37.7 Å². The highest BCUT2D eigenvalue weighted by Crippen LogP contribution is 2.36. The summed E-state index contributed by atoms with van der Waals surface area (Å²) in [5, 5.41) is 23.1. The Bertz CT molecular complexity index is 1270. The van der Waals surface area contributed by atoms with Gasteiger partial charge in [-0.1, -0.05) is 17.9 Å². The molecule has 2 unspecified atom stereocenters. The first-order valence-corrected chi connectivity index (χ1v) is 11.5. The van der Waals surface area contributed by atoms with Crippen molar-refractivity contribution in [2.75, 3.05) is 5.32 Å². The second-order valence-electron chi connectivity index (χ2n) is 8.71. The molecule has 0 spiro atoms. The molecule has 1 aromatic carbocycles. The number of nitrogens with one attached hydrogen (secondary N) is 3. The van der Waals surface area contributed by atoms with E-state index in [0.717, 1.165) is 25.0 Å². The molecule has 4 N–H and O–H groups in total. The molecule has 9 heteroatoms. The van der Waals surface area contributed by atoms with Crippen LogP contribution in [0.5, 0.6) is 5.75 Å². The average Bonchev–Trinajstić information content (AvgIpc) is 3.47. The molecule has 1 aliphatic carbocycles. The van der Waals surface area contributed by atoms with E-state index in [-0.39, 0.29) is 35.5 Å². The Morgan fingerprint density at radius 1 is 1.23 bits per heavy atom. The van der Waals surface area contributed by atoms with Crippen molar-refractivity contribution < 1.29 is 19.4 Å². The molecule has 4 rings (SSSR count). The number of aromatic amines is 1. The van der Waals surface area contributed by atoms with Gasteiger partial charge in [0.25, 0.3) is 0 Å². The largest absolute Gasteiger partial charge is 0.507 e. The van der Waals surface area contributed by atoms with E-state index in [1.54, 1.807) is 30.5 Å². The Morgan fingerprint density at radius 3 is 2.89 bits per heavy atom. The summed E-state index contributed by atoms with van der Waals surface area (Å²) in [4.78, 5) is 27.4. The zero-order valence-corrected chi connectivity index (χ0v) is 19.5. The lowest BCUT2D eigenvalue weighted by Crippen LogP contribution is -2.33. The fourth-order valence-corrected chi connectivity index (χ4v) is 3.99. The van der Waals surface area contributed by atoms with Gasteiger partial charge in [0.15, 0.2) is 12.1 Å². The van der Waals surface area contributed by atoms with E-state index in [1.165, 1.54) is 6.07 Å². The molecule has 1 amide bonds. The molecule has 180 valence electrons. The summed E-state index contributed by atoms with van der Waals surface area (Å²) >= 11 is 0. The fourth-order valence-electron chi connectivity index (χ4n) is 3.99. The number of hydrogen-bond acceptors (Lipinski definition) is 7. The number of amides is 1. The Balaban J connectivity index is 1.39. The van der Waals surface area contributed by atoms with Crippen LogP contribution < -0.4 is 10.6 Å². The van der Waals surface area contributed by atoms with Gasteiger partial charge in [0.1, 0.15) is 17.7 Å². The normalized spacial score (nSPS) is 16.9. The predicted octanol–water partition coefficient (Wildman–Crippen LogP) is 4.24. The first-order chi connectivity index (χ1) is 16.9. The molecule has 1 fully saturated rings. The summed E-state index contributed by atoms with van der Waals surface area (Å²) in [6.07, 6.45) is 4.19. The zero-order chi connectivity index (χ0) is 24.8. The summed E-state index contributed by atoms with van der Waals surface area (Å²) in [7, 11) is 0. The third kappa shape index (κ3) is 6.18. The number of H-pyrrole nitrogens is 1. The topological polar surface area (TPSA) is 129 Å². The summed E-state index contributed by atoms with van der Waals surface area (Å²) in [5.41, 5.74) is 2.28. The number of nitrogens with zero attached hydrogens (tertiary/aromatic N) is 2. The van der Waals surface area contributed by atoms with Gasteiger partial charge in [0.2, 0.25) is 0 Å². The standard InChI is InChI=1S/C26H27N5O4/c1-16(2)28-26(34)35-20-9-8-19(13-20)22-14-25(31-30-22)29-24-12-17(10-11-27-24)6-7-18-4-3-5-23(33)21(18)15-32/h3-5,10-12,14-16,19-20,33H,8-9,13H2,1-2H3,(H,28,34)(H2,27,29,30,31). The van der Waals surface area contributed by atoms with E-state index < -0.39 is 0 Å². The lowest BCUT2D eigenvalue weighted by atomic mass is 10.0. The van der Waals surface area contributed by atoms with Crippen LogP contribution in [0.25, 0.3) is 0 Å². The lowest BCUT2D eigenvalue weighted by Gasteiger charge is -2.14. The van der Waals surface area contributed by atoms with Gasteiger partial charge in [-0.15, -0.1) is 0 Å². The van der Waals surface area contributed by atoms with Gasteiger partial charge < -0.3 is 20.5 Å². The Kier molecular flexibility index (Phi) is 7.31. The number of benzene rings is 1. The van der Waals surface area contributed by atoms with Gasteiger partial charge in [-0.25, -0.2) is 9.78 Å². The fraction of sp³-hybridized carbons (Fsp3) is 0.308. The minimum atomic E-state index is -0.377. The van der Waals surface area contributed by atoms with Crippen molar-refractivity contribution in [3.05, 3.63) is 65.0 Å².